The van der Waals surface area contributed by atoms with Crippen LogP contribution >= 0.6 is 11.3 Å². The summed E-state index contributed by atoms with van der Waals surface area (Å²) in [5.74, 6) is 1.14. The largest absolute Gasteiger partial charge is 0.507 e. The molecule has 0 radical (unpaired) electrons. The first-order chi connectivity index (χ1) is 13.5. The van der Waals surface area contributed by atoms with E-state index < -0.39 is 0 Å². The van der Waals surface area contributed by atoms with Crippen molar-refractivity contribution < 1.29 is 9.50 Å². The number of phenolic OH excluding ortho intramolecular Hbond substituents is 1. The second kappa shape index (κ2) is 7.76. The Morgan fingerprint density at radius 2 is 2.11 bits per heavy atom. The van der Waals surface area contributed by atoms with Gasteiger partial charge in [0.15, 0.2) is 5.13 Å². The molecule has 9 heteroatoms. The molecule has 1 aromatic carbocycles. The molecule has 1 aliphatic rings. The standard InChI is InChI=1S/C19H21FN6OS/c1-11(2)15-10-26(6-5-21-15)19-23-8-14(24-25-19)13-4-3-12(7-16(13)27)18-22-9-17(20)28-18/h3-4,7-9,11,15,21,27H,5-6,10H2,1-2H3/t15-/m1/s1. The molecular weight excluding hydrogens is 379 g/mol. The highest BCUT2D eigenvalue weighted by Crippen LogP contribution is 2.33. The molecule has 1 saturated heterocycles. The molecule has 2 N–H and O–H groups in total. The maximum absolute atomic E-state index is 13.2. The zero-order chi connectivity index (χ0) is 19.7. The minimum atomic E-state index is -0.364. The van der Waals surface area contributed by atoms with E-state index in [-0.39, 0.29) is 10.9 Å². The van der Waals surface area contributed by atoms with Crippen molar-refractivity contribution in [3.05, 3.63) is 35.7 Å². The molecule has 0 unspecified atom stereocenters. The second-order valence-corrected chi connectivity index (χ2v) is 8.08. The van der Waals surface area contributed by atoms with Gasteiger partial charge in [0.1, 0.15) is 16.5 Å². The number of nitrogens with zero attached hydrogens (tertiary/aromatic N) is 5. The first kappa shape index (κ1) is 18.7. The van der Waals surface area contributed by atoms with Crippen molar-refractivity contribution in [2.45, 2.75) is 19.9 Å². The Bertz CT molecular complexity index is 961. The van der Waals surface area contributed by atoms with E-state index in [1.807, 2.05) is 0 Å². The van der Waals surface area contributed by atoms with Crippen molar-refractivity contribution in [2.75, 3.05) is 24.5 Å². The monoisotopic (exact) mass is 400 g/mol. The Balaban J connectivity index is 1.54. The van der Waals surface area contributed by atoms with Crippen molar-refractivity contribution in [2.24, 2.45) is 5.92 Å². The molecule has 0 spiro atoms. The van der Waals surface area contributed by atoms with Crippen molar-refractivity contribution in [3.8, 4) is 27.6 Å². The topological polar surface area (TPSA) is 87.1 Å². The van der Waals surface area contributed by atoms with Gasteiger partial charge in [0.25, 0.3) is 0 Å². The molecule has 0 aliphatic carbocycles. The maximum atomic E-state index is 13.2. The smallest absolute Gasteiger partial charge is 0.245 e. The zero-order valence-electron chi connectivity index (χ0n) is 15.6. The molecular formula is C19H21FN6OS. The quantitative estimate of drug-likeness (QED) is 0.696. The van der Waals surface area contributed by atoms with Crippen molar-refractivity contribution >= 4 is 17.3 Å². The number of thiazole rings is 1. The lowest BCUT2D eigenvalue weighted by Crippen LogP contribution is -2.53. The van der Waals surface area contributed by atoms with E-state index in [0.717, 1.165) is 31.0 Å². The minimum absolute atomic E-state index is 0.0269. The van der Waals surface area contributed by atoms with E-state index in [2.05, 4.69) is 44.2 Å². The average Bonchev–Trinajstić information content (AvgIpc) is 3.14. The van der Waals surface area contributed by atoms with Gasteiger partial charge >= 0.3 is 0 Å². The number of piperazine rings is 1. The van der Waals surface area contributed by atoms with Gasteiger partial charge in [-0.25, -0.2) is 9.97 Å². The highest BCUT2D eigenvalue weighted by Gasteiger charge is 2.23. The Hall–Kier alpha value is -2.65. The lowest BCUT2D eigenvalue weighted by atomic mass is 10.0. The van der Waals surface area contributed by atoms with Crippen LogP contribution in [-0.4, -0.2) is 50.9 Å². The summed E-state index contributed by atoms with van der Waals surface area (Å²) < 4.78 is 13.2. The molecule has 0 amide bonds. The van der Waals surface area contributed by atoms with Crippen molar-refractivity contribution in [1.82, 2.24) is 25.5 Å². The summed E-state index contributed by atoms with van der Waals surface area (Å²) in [7, 11) is 0. The number of hydrogen-bond donors (Lipinski definition) is 2. The number of aromatic nitrogens is 4. The number of rotatable bonds is 4. The van der Waals surface area contributed by atoms with E-state index in [1.165, 1.54) is 6.20 Å². The summed E-state index contributed by atoms with van der Waals surface area (Å²) in [6, 6.07) is 5.43. The SMILES string of the molecule is CC(C)[C@H]1CN(c2ncc(-c3ccc(-c4ncc(F)s4)cc3O)nn2)CCN1. The minimum Gasteiger partial charge on any atom is -0.507 e. The van der Waals surface area contributed by atoms with Gasteiger partial charge in [-0.3, -0.25) is 0 Å². The molecule has 146 valence electrons. The summed E-state index contributed by atoms with van der Waals surface area (Å²) in [5, 5.41) is 22.6. The molecule has 0 saturated carbocycles. The molecule has 2 aromatic heterocycles. The predicted molar refractivity (Wildman–Crippen MR) is 107 cm³/mol. The highest BCUT2D eigenvalue weighted by molar-refractivity contribution is 7.13. The maximum Gasteiger partial charge on any atom is 0.245 e. The molecule has 28 heavy (non-hydrogen) atoms. The number of hydrogen-bond acceptors (Lipinski definition) is 8. The lowest BCUT2D eigenvalue weighted by Gasteiger charge is -2.35. The molecule has 7 nitrogen and oxygen atoms in total. The molecule has 4 rings (SSSR count). The fourth-order valence-corrected chi connectivity index (χ4v) is 3.85. The Labute approximate surface area is 166 Å². The van der Waals surface area contributed by atoms with Crippen LogP contribution < -0.4 is 10.2 Å². The molecule has 1 fully saturated rings. The van der Waals surface area contributed by atoms with Gasteiger partial charge in [0.05, 0.1) is 12.4 Å². The van der Waals surface area contributed by atoms with Crippen LogP contribution in [-0.2, 0) is 0 Å². The average molecular weight is 400 g/mol. The summed E-state index contributed by atoms with van der Waals surface area (Å²) in [6.07, 6.45) is 2.78. The van der Waals surface area contributed by atoms with E-state index in [9.17, 15) is 9.50 Å². The number of anilines is 1. The first-order valence-electron chi connectivity index (χ1n) is 9.14. The fraction of sp³-hybridized carbons (Fsp3) is 0.368. The summed E-state index contributed by atoms with van der Waals surface area (Å²) >= 11 is 0.931. The van der Waals surface area contributed by atoms with Gasteiger partial charge in [-0.2, -0.15) is 4.39 Å². The van der Waals surface area contributed by atoms with E-state index in [0.29, 0.717) is 39.7 Å². The van der Waals surface area contributed by atoms with Gasteiger partial charge in [0, 0.05) is 36.8 Å². The zero-order valence-corrected chi connectivity index (χ0v) is 16.4. The lowest BCUT2D eigenvalue weighted by molar-refractivity contribution is 0.365. The number of phenols is 1. The predicted octanol–water partition coefficient (Wildman–Crippen LogP) is 2.94. The van der Waals surface area contributed by atoms with Gasteiger partial charge in [-0.05, 0) is 18.1 Å². The second-order valence-electron chi connectivity index (χ2n) is 7.10. The van der Waals surface area contributed by atoms with Crippen LogP contribution in [0.3, 0.4) is 0 Å². The third kappa shape index (κ3) is 3.81. The van der Waals surface area contributed by atoms with Crippen LogP contribution in [0.2, 0.25) is 0 Å². The van der Waals surface area contributed by atoms with E-state index in [4.69, 9.17) is 0 Å². The number of halogens is 1. The first-order valence-corrected chi connectivity index (χ1v) is 9.96. The van der Waals surface area contributed by atoms with Crippen LogP contribution in [0.4, 0.5) is 10.3 Å². The normalized spacial score (nSPS) is 17.3. The molecule has 1 aliphatic heterocycles. The third-order valence-electron chi connectivity index (χ3n) is 4.84. The number of aromatic hydroxyl groups is 1. The van der Waals surface area contributed by atoms with Crippen LogP contribution in [0.1, 0.15) is 13.8 Å². The molecule has 3 heterocycles. The fourth-order valence-electron chi connectivity index (χ4n) is 3.21. The molecule has 3 aromatic rings. The number of benzene rings is 1. The van der Waals surface area contributed by atoms with Crippen LogP contribution in [0.5, 0.6) is 5.75 Å². The van der Waals surface area contributed by atoms with Crippen LogP contribution in [0.25, 0.3) is 21.8 Å². The molecule has 1 atom stereocenters. The summed E-state index contributed by atoms with van der Waals surface area (Å²) in [6.45, 7) is 6.93. The number of nitrogens with one attached hydrogen (secondary N) is 1. The van der Waals surface area contributed by atoms with E-state index >= 15 is 0 Å². The van der Waals surface area contributed by atoms with Gasteiger partial charge in [-0.15, -0.1) is 10.2 Å². The van der Waals surface area contributed by atoms with Gasteiger partial charge < -0.3 is 15.3 Å². The van der Waals surface area contributed by atoms with Crippen molar-refractivity contribution in [1.29, 1.82) is 0 Å². The molecule has 0 bridgehead atoms. The third-order valence-corrected chi connectivity index (χ3v) is 5.68. The summed E-state index contributed by atoms with van der Waals surface area (Å²) in [4.78, 5) is 10.6. The Kier molecular flexibility index (Phi) is 5.19. The van der Waals surface area contributed by atoms with Crippen LogP contribution in [0, 0.1) is 11.0 Å². The summed E-state index contributed by atoms with van der Waals surface area (Å²) in [5.41, 5.74) is 1.65. The van der Waals surface area contributed by atoms with Gasteiger partial charge in [-0.1, -0.05) is 31.3 Å². The van der Waals surface area contributed by atoms with E-state index in [1.54, 1.807) is 24.4 Å². The van der Waals surface area contributed by atoms with Crippen molar-refractivity contribution in [3.63, 3.8) is 0 Å². The van der Waals surface area contributed by atoms with Gasteiger partial charge in [0.2, 0.25) is 5.95 Å². The Morgan fingerprint density at radius 1 is 1.25 bits per heavy atom. The Morgan fingerprint density at radius 3 is 2.75 bits per heavy atom. The van der Waals surface area contributed by atoms with Crippen LogP contribution in [0.15, 0.2) is 30.6 Å². The highest BCUT2D eigenvalue weighted by atomic mass is 32.1.